The third-order valence-electron chi connectivity index (χ3n) is 8.29. The molecule has 2 aromatic heterocycles. The minimum absolute atomic E-state index is 0.0515. The van der Waals surface area contributed by atoms with Gasteiger partial charge in [0.1, 0.15) is 17.1 Å². The van der Waals surface area contributed by atoms with Gasteiger partial charge < -0.3 is 29.2 Å². The number of hydrogen-bond donors (Lipinski definition) is 1. The molecule has 1 aliphatic heterocycles. The number of pyridine rings is 1. The van der Waals surface area contributed by atoms with Gasteiger partial charge in [-0.2, -0.15) is 0 Å². The lowest BCUT2D eigenvalue weighted by atomic mass is 10.0. The van der Waals surface area contributed by atoms with Gasteiger partial charge in [0.15, 0.2) is 11.5 Å². The van der Waals surface area contributed by atoms with Crippen molar-refractivity contribution in [1.29, 1.82) is 0 Å². The Morgan fingerprint density at radius 2 is 1.67 bits per heavy atom. The van der Waals surface area contributed by atoms with Gasteiger partial charge in [-0.1, -0.05) is 59.6 Å². The van der Waals surface area contributed by atoms with E-state index in [-0.39, 0.29) is 31.0 Å². The molecule has 0 spiro atoms. The molecule has 1 aliphatic rings. The fourth-order valence-electron chi connectivity index (χ4n) is 5.59. The molecule has 0 saturated carbocycles. The van der Waals surface area contributed by atoms with Crippen LogP contribution in [-0.2, 0) is 27.2 Å². The number of ether oxygens (including phenoxy) is 4. The van der Waals surface area contributed by atoms with E-state index in [0.717, 1.165) is 36.4 Å². The molecule has 0 aliphatic carbocycles. The summed E-state index contributed by atoms with van der Waals surface area (Å²) in [5, 5.41) is 4.25. The number of piperidine rings is 1. The summed E-state index contributed by atoms with van der Waals surface area (Å²) in [5.41, 5.74) is 2.28. The Hall–Kier alpha value is -3.67. The zero-order chi connectivity index (χ0) is 34.0. The summed E-state index contributed by atoms with van der Waals surface area (Å²) in [5.74, 6) is 0.326. The maximum atomic E-state index is 13.6. The first kappa shape index (κ1) is 35.6. The summed E-state index contributed by atoms with van der Waals surface area (Å²) in [6.07, 6.45) is 4.32. The van der Waals surface area contributed by atoms with E-state index in [2.05, 4.69) is 22.2 Å². The van der Waals surface area contributed by atoms with E-state index in [9.17, 15) is 9.59 Å². The Morgan fingerprint density at radius 1 is 0.958 bits per heavy atom. The fraction of sp³-hybridized carbons (Fsp3) is 0.361. The van der Waals surface area contributed by atoms with Crippen LogP contribution in [0.2, 0.25) is 10.0 Å². The lowest BCUT2D eigenvalue weighted by Gasteiger charge is -2.29. The number of hydrogen-bond acceptors (Lipinski definition) is 10. The zero-order valence-electron chi connectivity index (χ0n) is 27.1. The summed E-state index contributed by atoms with van der Waals surface area (Å²) >= 11 is 14.2. The summed E-state index contributed by atoms with van der Waals surface area (Å²) in [6, 6.07) is 18.5. The number of aromatic nitrogens is 1. The minimum atomic E-state index is -0.739. The molecule has 0 bridgehead atoms. The highest BCUT2D eigenvalue weighted by Gasteiger charge is 2.26. The number of carbonyl (C=O) groups excluding carboxylic acids is 2. The number of esters is 2. The van der Waals surface area contributed by atoms with E-state index in [1.807, 2.05) is 42.5 Å². The quantitative estimate of drug-likeness (QED) is 0.134. The van der Waals surface area contributed by atoms with E-state index in [0.29, 0.717) is 44.1 Å². The molecular weight excluding hydrogens is 673 g/mol. The monoisotopic (exact) mass is 711 g/mol. The first-order chi connectivity index (χ1) is 23.2. The summed E-state index contributed by atoms with van der Waals surface area (Å²) < 4.78 is 22.8. The lowest BCUT2D eigenvalue weighted by Crippen LogP contribution is -2.36. The van der Waals surface area contributed by atoms with Crippen molar-refractivity contribution in [3.63, 3.8) is 0 Å². The van der Waals surface area contributed by atoms with Crippen LogP contribution in [0.25, 0.3) is 0 Å². The number of likely N-dealkylation sites (tertiary alicyclic amines) is 1. The maximum Gasteiger partial charge on any atom is 0.348 e. The summed E-state index contributed by atoms with van der Waals surface area (Å²) in [4.78, 5) is 34.2. The predicted molar refractivity (Wildman–Crippen MR) is 187 cm³/mol. The molecule has 1 saturated heterocycles. The Bertz CT molecular complexity index is 1660. The van der Waals surface area contributed by atoms with Gasteiger partial charge in [0.05, 0.1) is 30.7 Å². The highest BCUT2D eigenvalue weighted by Crippen LogP contribution is 2.36. The summed E-state index contributed by atoms with van der Waals surface area (Å²) in [6.45, 7) is 2.28. The molecule has 5 rings (SSSR count). The van der Waals surface area contributed by atoms with Crippen molar-refractivity contribution in [3.8, 4) is 11.5 Å². The molecule has 4 aromatic rings. The molecule has 3 heterocycles. The predicted octanol–water partition coefficient (Wildman–Crippen LogP) is 7.47. The highest BCUT2D eigenvalue weighted by molar-refractivity contribution is 7.13. The molecular formula is C36H39Cl2N3O6S. The molecule has 254 valence electrons. The van der Waals surface area contributed by atoms with Crippen LogP contribution < -0.4 is 14.8 Å². The van der Waals surface area contributed by atoms with E-state index < -0.39 is 12.1 Å². The van der Waals surface area contributed by atoms with Gasteiger partial charge >= 0.3 is 11.9 Å². The van der Waals surface area contributed by atoms with Gasteiger partial charge in [0, 0.05) is 49.4 Å². The zero-order valence-corrected chi connectivity index (χ0v) is 29.4. The van der Waals surface area contributed by atoms with Gasteiger partial charge in [-0.3, -0.25) is 9.78 Å². The third kappa shape index (κ3) is 9.48. The SMILES string of the molecule is COc1ccc([C@H](Cc2c(Cl)cncc2Cl)OC(=O)c2ccc(CNC(CC(=O)OC3CCN(C)CC3)c3ccccc3)s2)cc1OC. The van der Waals surface area contributed by atoms with Crippen molar-refractivity contribution in [3.05, 3.63) is 110 Å². The van der Waals surface area contributed by atoms with Gasteiger partial charge in [0.2, 0.25) is 0 Å². The van der Waals surface area contributed by atoms with Crippen molar-refractivity contribution in [2.24, 2.45) is 0 Å². The lowest BCUT2D eigenvalue weighted by molar-refractivity contribution is -0.151. The number of rotatable bonds is 14. The Morgan fingerprint density at radius 3 is 2.35 bits per heavy atom. The Balaban J connectivity index is 1.28. The molecule has 48 heavy (non-hydrogen) atoms. The average molecular weight is 713 g/mol. The molecule has 0 amide bonds. The first-order valence-corrected chi connectivity index (χ1v) is 17.3. The molecule has 0 radical (unpaired) electrons. The Kier molecular flexibility index (Phi) is 12.7. The highest BCUT2D eigenvalue weighted by atomic mass is 35.5. The molecule has 2 aromatic carbocycles. The second kappa shape index (κ2) is 17.1. The van der Waals surface area contributed by atoms with E-state index in [1.165, 1.54) is 23.7 Å². The molecule has 12 heteroatoms. The van der Waals surface area contributed by atoms with Crippen molar-refractivity contribution >= 4 is 46.5 Å². The largest absolute Gasteiger partial charge is 0.493 e. The number of benzene rings is 2. The second-order valence-electron chi connectivity index (χ2n) is 11.6. The minimum Gasteiger partial charge on any atom is -0.493 e. The van der Waals surface area contributed by atoms with E-state index in [4.69, 9.17) is 42.1 Å². The molecule has 1 N–H and O–H groups in total. The van der Waals surface area contributed by atoms with Crippen molar-refractivity contribution in [2.75, 3.05) is 34.4 Å². The van der Waals surface area contributed by atoms with Crippen molar-refractivity contribution in [1.82, 2.24) is 15.2 Å². The van der Waals surface area contributed by atoms with Crippen molar-refractivity contribution in [2.45, 2.75) is 50.5 Å². The van der Waals surface area contributed by atoms with Crippen LogP contribution in [0.5, 0.6) is 11.5 Å². The van der Waals surface area contributed by atoms with Crippen molar-refractivity contribution < 1.29 is 28.5 Å². The number of halogens is 2. The van der Waals surface area contributed by atoms with Crippen LogP contribution >= 0.6 is 34.5 Å². The molecule has 1 fully saturated rings. The van der Waals surface area contributed by atoms with Crippen LogP contribution in [0.1, 0.15) is 62.6 Å². The molecule has 2 atom stereocenters. The number of nitrogens with zero attached hydrogens (tertiary/aromatic N) is 2. The topological polar surface area (TPSA) is 99.2 Å². The van der Waals surface area contributed by atoms with Crippen LogP contribution in [0, 0.1) is 0 Å². The number of methoxy groups -OCH3 is 2. The molecule has 1 unspecified atom stereocenters. The van der Waals surface area contributed by atoms with Gasteiger partial charge in [-0.25, -0.2) is 4.79 Å². The third-order valence-corrected chi connectivity index (χ3v) is 10.0. The van der Waals surface area contributed by atoms with Crippen LogP contribution in [-0.4, -0.2) is 62.3 Å². The van der Waals surface area contributed by atoms with Gasteiger partial charge in [0.25, 0.3) is 0 Å². The van der Waals surface area contributed by atoms with Gasteiger partial charge in [-0.05, 0) is 60.8 Å². The van der Waals surface area contributed by atoms with Gasteiger partial charge in [-0.15, -0.1) is 11.3 Å². The molecule has 9 nitrogen and oxygen atoms in total. The average Bonchev–Trinajstić information content (AvgIpc) is 3.58. The number of carbonyl (C=O) groups is 2. The first-order valence-electron chi connectivity index (χ1n) is 15.7. The maximum absolute atomic E-state index is 13.6. The standard InChI is InChI=1S/C36H39Cl2N3O6S/c1-41-15-13-25(14-16-41)46-35(42)19-30(23-7-5-4-6-8-23)40-20-26-10-12-34(48-26)36(43)47-32(18-27-28(37)21-39-22-29(27)38)24-9-11-31(44-2)33(17-24)45-3/h4-12,17,21-22,25,30,32,40H,13-16,18-20H2,1-3H3/t30?,32-/m0/s1. The number of thiophene rings is 1. The number of nitrogens with one attached hydrogen (secondary N) is 1. The van der Waals surface area contributed by atoms with Crippen LogP contribution in [0.4, 0.5) is 0 Å². The Labute approximate surface area is 295 Å². The van der Waals surface area contributed by atoms with Crippen LogP contribution in [0.3, 0.4) is 0 Å². The van der Waals surface area contributed by atoms with E-state index >= 15 is 0 Å². The second-order valence-corrected chi connectivity index (χ2v) is 13.6. The fourth-order valence-corrected chi connectivity index (χ4v) is 6.95. The van der Waals surface area contributed by atoms with E-state index in [1.54, 1.807) is 32.4 Å². The summed E-state index contributed by atoms with van der Waals surface area (Å²) in [7, 11) is 5.18. The normalized spacial score (nSPS) is 15.0. The van der Waals surface area contributed by atoms with Crippen LogP contribution in [0.15, 0.2) is 73.1 Å². The smallest absolute Gasteiger partial charge is 0.348 e.